The minimum Gasteiger partial charge on any atom is -0.332 e. The minimum absolute atomic E-state index is 0.217. The third kappa shape index (κ3) is 10.1. The average Bonchev–Trinajstić information content (AvgIpc) is 2.97. The maximum atomic E-state index is 14.2. The van der Waals surface area contributed by atoms with E-state index in [9.17, 15) is 19.2 Å². The molecule has 228 valence electrons. The fourth-order valence-electron chi connectivity index (χ4n) is 4.78. The molecule has 0 aliphatic carbocycles. The summed E-state index contributed by atoms with van der Waals surface area (Å²) in [7, 11) is 3.15. The molecular weight excluding hydrogens is 542 g/mol. The second kappa shape index (κ2) is 15.1. The van der Waals surface area contributed by atoms with Gasteiger partial charge in [0, 0.05) is 33.0 Å². The fraction of sp³-hybridized carbons (Fsp3) is 0.353. The van der Waals surface area contributed by atoms with Crippen LogP contribution in [0, 0.1) is 0 Å². The van der Waals surface area contributed by atoms with Crippen molar-refractivity contribution in [3.63, 3.8) is 0 Å². The Morgan fingerprint density at radius 3 is 2.14 bits per heavy atom. The highest BCUT2D eigenvalue weighted by Crippen LogP contribution is 2.20. The lowest BCUT2D eigenvalue weighted by Crippen LogP contribution is -2.57. The van der Waals surface area contributed by atoms with Gasteiger partial charge >= 0.3 is 0 Å². The van der Waals surface area contributed by atoms with Crippen molar-refractivity contribution in [3.8, 4) is 0 Å². The number of fused-ring (bicyclic) bond motifs is 1. The minimum atomic E-state index is -0.943. The van der Waals surface area contributed by atoms with Crippen molar-refractivity contribution in [2.45, 2.75) is 64.1 Å². The van der Waals surface area contributed by atoms with Gasteiger partial charge in [0.1, 0.15) is 12.1 Å². The highest BCUT2D eigenvalue weighted by atomic mass is 16.2. The zero-order chi connectivity index (χ0) is 31.6. The second-order valence-corrected chi connectivity index (χ2v) is 11.6. The summed E-state index contributed by atoms with van der Waals surface area (Å²) < 4.78 is 0. The van der Waals surface area contributed by atoms with E-state index in [1.54, 1.807) is 20.2 Å². The molecule has 0 saturated heterocycles. The normalized spacial score (nSPS) is 12.9. The van der Waals surface area contributed by atoms with Crippen molar-refractivity contribution < 1.29 is 19.2 Å². The van der Waals surface area contributed by atoms with Crippen LogP contribution >= 0.6 is 0 Å². The number of rotatable bonds is 12. The van der Waals surface area contributed by atoms with E-state index in [0.717, 1.165) is 21.9 Å². The molecule has 0 heterocycles. The predicted molar refractivity (Wildman–Crippen MR) is 170 cm³/mol. The van der Waals surface area contributed by atoms with Gasteiger partial charge in [0.15, 0.2) is 0 Å². The van der Waals surface area contributed by atoms with Gasteiger partial charge in [-0.1, -0.05) is 78.9 Å². The van der Waals surface area contributed by atoms with E-state index in [-0.39, 0.29) is 18.2 Å². The van der Waals surface area contributed by atoms with Crippen LogP contribution in [-0.4, -0.2) is 65.1 Å². The Morgan fingerprint density at radius 1 is 0.837 bits per heavy atom. The molecule has 0 aliphatic heterocycles. The van der Waals surface area contributed by atoms with E-state index in [4.69, 9.17) is 5.73 Å². The summed E-state index contributed by atoms with van der Waals surface area (Å²) in [5.74, 6) is -1.70. The lowest BCUT2D eigenvalue weighted by Gasteiger charge is -2.34. The van der Waals surface area contributed by atoms with Gasteiger partial charge in [0.25, 0.3) is 5.91 Å². The van der Waals surface area contributed by atoms with Crippen LogP contribution in [0.4, 0.5) is 0 Å². The quantitative estimate of drug-likeness (QED) is 0.222. The van der Waals surface area contributed by atoms with Gasteiger partial charge in [0.05, 0.1) is 0 Å². The van der Waals surface area contributed by atoms with E-state index >= 15 is 0 Å². The molecule has 0 bridgehead atoms. The summed E-state index contributed by atoms with van der Waals surface area (Å²) in [4.78, 5) is 54.9. The number of carbonyl (C=O) groups is 4. The molecule has 1 unspecified atom stereocenters. The number of likely N-dealkylation sites (N-methyl/N-ethyl adjacent to an activating group) is 2. The third-order valence-corrected chi connectivity index (χ3v) is 7.28. The molecule has 9 heteroatoms. The number of hydrogen-bond acceptors (Lipinski definition) is 5. The number of carbonyl (C=O) groups excluding carboxylic acids is 4. The number of aryl methyl sites for hydroxylation is 1. The van der Waals surface area contributed by atoms with Crippen LogP contribution in [0.15, 0.2) is 84.9 Å². The molecule has 0 aromatic heterocycles. The maximum absolute atomic E-state index is 14.2. The molecule has 3 rings (SSSR count). The molecule has 9 nitrogen and oxygen atoms in total. The highest BCUT2D eigenvalue weighted by molar-refractivity contribution is 5.95. The van der Waals surface area contributed by atoms with Gasteiger partial charge in [-0.15, -0.1) is 0 Å². The first-order valence-corrected chi connectivity index (χ1v) is 14.4. The van der Waals surface area contributed by atoms with E-state index in [2.05, 4.69) is 16.9 Å². The summed E-state index contributed by atoms with van der Waals surface area (Å²) in [6, 6.07) is 21.7. The molecule has 4 amide bonds. The van der Waals surface area contributed by atoms with E-state index in [0.29, 0.717) is 19.3 Å². The van der Waals surface area contributed by atoms with Crippen molar-refractivity contribution in [3.05, 3.63) is 96.1 Å². The van der Waals surface area contributed by atoms with Crippen molar-refractivity contribution in [2.24, 2.45) is 5.73 Å². The Bertz CT molecular complexity index is 1450. The van der Waals surface area contributed by atoms with Gasteiger partial charge in [-0.05, 0) is 61.1 Å². The van der Waals surface area contributed by atoms with Crippen LogP contribution < -0.4 is 16.6 Å². The number of nitrogens with zero attached hydrogens (tertiary/aromatic N) is 2. The predicted octanol–water partition coefficient (Wildman–Crippen LogP) is 3.52. The van der Waals surface area contributed by atoms with Crippen molar-refractivity contribution in [1.82, 2.24) is 20.7 Å². The van der Waals surface area contributed by atoms with Gasteiger partial charge in [0.2, 0.25) is 17.7 Å². The van der Waals surface area contributed by atoms with E-state index in [1.165, 1.54) is 22.8 Å². The molecule has 0 fully saturated rings. The number of benzene rings is 3. The molecule has 0 saturated carbocycles. The number of hydrazine groups is 1. The monoisotopic (exact) mass is 585 g/mol. The largest absolute Gasteiger partial charge is 0.332 e. The first-order chi connectivity index (χ1) is 20.4. The van der Waals surface area contributed by atoms with Crippen LogP contribution in [0.25, 0.3) is 10.8 Å². The smallest absolute Gasteiger partial charge is 0.261 e. The molecule has 0 aliphatic rings. The standard InChI is InChI=1S/C34H43N5O4/c1-24(40)36-37-32(42)30(23-25-12-7-6-8-13-25)39(5)33(43)29(38(4)31(41)16-11-21-34(2,3)35)20-18-26-17-19-27-14-9-10-15-28(27)22-26/h6-17,19,22,29-30H,18,20-21,23,35H2,1-5H3,(H,36,40)(H,37,42)/b16-11+/t29?,30-/m1/s1. The van der Waals surface area contributed by atoms with Crippen LogP contribution in [0.3, 0.4) is 0 Å². The molecule has 2 atom stereocenters. The summed E-state index contributed by atoms with van der Waals surface area (Å²) in [6.45, 7) is 5.02. The van der Waals surface area contributed by atoms with Gasteiger partial charge in [-0.2, -0.15) is 0 Å². The summed E-state index contributed by atoms with van der Waals surface area (Å²) in [5.41, 5.74) is 12.2. The molecule has 3 aromatic carbocycles. The lowest BCUT2D eigenvalue weighted by molar-refractivity contribution is -0.146. The Hall–Kier alpha value is -4.50. The Kier molecular flexibility index (Phi) is 11.6. The zero-order valence-electron chi connectivity index (χ0n) is 25.7. The first kappa shape index (κ1) is 33.0. The molecule has 3 aromatic rings. The summed E-state index contributed by atoms with van der Waals surface area (Å²) >= 11 is 0. The Labute approximate surface area is 254 Å². The number of nitrogens with two attached hydrogens (primary N) is 1. The Morgan fingerprint density at radius 2 is 1.49 bits per heavy atom. The van der Waals surface area contributed by atoms with Gasteiger partial charge in [-0.25, -0.2) is 0 Å². The molecule has 4 N–H and O–H groups in total. The number of hydrogen-bond donors (Lipinski definition) is 3. The van der Waals surface area contributed by atoms with Crippen molar-refractivity contribution in [2.75, 3.05) is 14.1 Å². The van der Waals surface area contributed by atoms with Crippen LogP contribution in [0.2, 0.25) is 0 Å². The van der Waals surface area contributed by atoms with E-state index < -0.39 is 29.4 Å². The third-order valence-electron chi connectivity index (χ3n) is 7.28. The molecule has 0 radical (unpaired) electrons. The maximum Gasteiger partial charge on any atom is 0.261 e. The van der Waals surface area contributed by atoms with Crippen LogP contribution in [0.1, 0.15) is 44.7 Å². The Balaban J connectivity index is 1.90. The molecule has 43 heavy (non-hydrogen) atoms. The molecule has 0 spiro atoms. The lowest BCUT2D eigenvalue weighted by atomic mass is 9.98. The number of nitrogens with one attached hydrogen (secondary N) is 2. The number of amides is 4. The topological polar surface area (TPSA) is 125 Å². The first-order valence-electron chi connectivity index (χ1n) is 14.4. The molecular formula is C34H43N5O4. The second-order valence-electron chi connectivity index (χ2n) is 11.6. The zero-order valence-corrected chi connectivity index (χ0v) is 25.7. The van der Waals surface area contributed by atoms with Crippen LogP contribution in [0.5, 0.6) is 0 Å². The van der Waals surface area contributed by atoms with Crippen molar-refractivity contribution in [1.29, 1.82) is 0 Å². The van der Waals surface area contributed by atoms with E-state index in [1.807, 2.05) is 80.6 Å². The highest BCUT2D eigenvalue weighted by Gasteiger charge is 2.34. The summed E-state index contributed by atoms with van der Waals surface area (Å²) in [5, 5.41) is 2.21. The average molecular weight is 586 g/mol. The van der Waals surface area contributed by atoms with Gasteiger partial charge in [-0.3, -0.25) is 30.0 Å². The van der Waals surface area contributed by atoms with Crippen molar-refractivity contribution >= 4 is 34.4 Å². The SMILES string of the molecule is CC(=O)NNC(=O)[C@@H](Cc1ccccc1)N(C)C(=O)C(CCc1ccc2ccccc2c1)N(C)C(=O)/C=C/CC(C)(C)N. The summed E-state index contributed by atoms with van der Waals surface area (Å²) in [6.07, 6.45) is 4.74. The van der Waals surface area contributed by atoms with Crippen LogP contribution in [-0.2, 0) is 32.0 Å². The van der Waals surface area contributed by atoms with Gasteiger partial charge < -0.3 is 15.5 Å². The fourth-order valence-corrected chi connectivity index (χ4v) is 4.78.